The van der Waals surface area contributed by atoms with Gasteiger partial charge in [-0.05, 0) is 45.2 Å². The Hall–Kier alpha value is -1.01. The van der Waals surface area contributed by atoms with Crippen LogP contribution in [0.25, 0.3) is 0 Å². The number of aliphatic hydroxyl groups is 3. The fourth-order valence-corrected chi connectivity index (χ4v) is 3.37. The van der Waals surface area contributed by atoms with Crippen LogP contribution in [0.5, 0.6) is 0 Å². The lowest BCUT2D eigenvalue weighted by Gasteiger charge is -2.19. The summed E-state index contributed by atoms with van der Waals surface area (Å²) in [5, 5.41) is 42.1. The summed E-state index contributed by atoms with van der Waals surface area (Å²) in [6.07, 6.45) is 3.28. The number of ether oxygens (including phenoxy) is 6. The van der Waals surface area contributed by atoms with Crippen LogP contribution in [0.2, 0.25) is 0 Å². The molecule has 14 nitrogen and oxygen atoms in total. The van der Waals surface area contributed by atoms with E-state index in [0.717, 1.165) is 19.4 Å². The highest BCUT2D eigenvalue weighted by Crippen LogP contribution is 1.96. The van der Waals surface area contributed by atoms with Gasteiger partial charge in [-0.2, -0.15) is 0 Å². The first-order valence-corrected chi connectivity index (χ1v) is 14.8. The maximum Gasteiger partial charge on any atom is 0.305 e. The number of hydrogen-bond donors (Lipinski definition) is 7. The predicted molar refractivity (Wildman–Crippen MR) is 153 cm³/mol. The topological polar surface area (TPSA) is 203 Å². The quantitative estimate of drug-likeness (QED) is 0.0431. The molecule has 0 heterocycles. The number of aliphatic hydroxyl groups excluding tert-OH is 3. The number of carboxylic acid groups (broad SMARTS) is 1. The molecule has 0 amide bonds. The van der Waals surface area contributed by atoms with Gasteiger partial charge < -0.3 is 65.2 Å². The van der Waals surface area contributed by atoms with Crippen LogP contribution in [0.15, 0.2) is 0 Å². The molecule has 2 atom stereocenters. The molecule has 0 aromatic rings. The molecule has 0 radical (unpaired) electrons. The van der Waals surface area contributed by atoms with Crippen LogP contribution in [0.3, 0.4) is 0 Å². The molecular weight excluding hydrogens is 542 g/mol. The minimum Gasteiger partial charge on any atom is -0.481 e. The summed E-state index contributed by atoms with van der Waals surface area (Å²) in [7, 11) is 0. The first-order chi connectivity index (χ1) is 20.0. The summed E-state index contributed by atoms with van der Waals surface area (Å²) in [6.45, 7) is 6.86. The van der Waals surface area contributed by atoms with Crippen LogP contribution in [0.1, 0.15) is 38.5 Å². The third kappa shape index (κ3) is 30.3. The lowest BCUT2D eigenvalue weighted by Crippen LogP contribution is -2.39. The highest BCUT2D eigenvalue weighted by molar-refractivity contribution is 5.66. The predicted octanol–water partition coefficient (Wildman–Crippen LogP) is -1.27. The third-order valence-electron chi connectivity index (χ3n) is 5.54. The van der Waals surface area contributed by atoms with Crippen LogP contribution < -0.4 is 16.4 Å². The Bertz CT molecular complexity index is 541. The summed E-state index contributed by atoms with van der Waals surface area (Å²) >= 11 is 0. The highest BCUT2D eigenvalue weighted by Gasteiger charge is 2.11. The molecule has 0 rings (SSSR count). The van der Waals surface area contributed by atoms with E-state index in [-0.39, 0.29) is 51.0 Å². The molecule has 0 saturated carbocycles. The molecule has 0 aromatic carbocycles. The molecule has 0 fully saturated rings. The number of nitrogens with two attached hydrogens (primary N) is 1. The molecule has 0 aliphatic heterocycles. The highest BCUT2D eigenvalue weighted by atomic mass is 16.5. The van der Waals surface area contributed by atoms with Gasteiger partial charge in [0, 0.05) is 52.9 Å². The SMILES string of the molecule is NC(COCCCNC(COCCCO)COCCCO)COCCCNC(COCCCO)COCCC(=O)O. The summed E-state index contributed by atoms with van der Waals surface area (Å²) in [5.41, 5.74) is 6.08. The molecule has 0 saturated heterocycles. The van der Waals surface area contributed by atoms with Crippen molar-refractivity contribution < 1.29 is 53.6 Å². The van der Waals surface area contributed by atoms with Crippen molar-refractivity contribution in [2.24, 2.45) is 5.73 Å². The van der Waals surface area contributed by atoms with Gasteiger partial charge >= 0.3 is 5.97 Å². The number of carboxylic acids is 1. The molecule has 0 spiro atoms. The lowest BCUT2D eigenvalue weighted by atomic mass is 10.3. The molecule has 14 heteroatoms. The maximum atomic E-state index is 10.6. The van der Waals surface area contributed by atoms with E-state index in [1.54, 1.807) is 0 Å². The molecule has 0 aliphatic rings. The molecular formula is C27H57N3O11. The normalized spacial score (nSPS) is 13.2. The zero-order valence-electron chi connectivity index (χ0n) is 24.7. The van der Waals surface area contributed by atoms with Crippen molar-refractivity contribution in [2.45, 2.75) is 56.7 Å². The minimum absolute atomic E-state index is 0.0241. The zero-order chi connectivity index (χ0) is 30.2. The van der Waals surface area contributed by atoms with Crippen molar-refractivity contribution >= 4 is 5.97 Å². The third-order valence-corrected chi connectivity index (χ3v) is 5.54. The maximum absolute atomic E-state index is 10.6. The van der Waals surface area contributed by atoms with Gasteiger partial charge in [0.25, 0.3) is 0 Å². The molecule has 2 unspecified atom stereocenters. The van der Waals surface area contributed by atoms with E-state index in [0.29, 0.717) is 98.5 Å². The molecule has 41 heavy (non-hydrogen) atoms. The number of nitrogens with one attached hydrogen (secondary N) is 2. The number of rotatable bonds is 34. The van der Waals surface area contributed by atoms with Gasteiger partial charge in [0.2, 0.25) is 0 Å². The van der Waals surface area contributed by atoms with Crippen molar-refractivity contribution in [3.8, 4) is 0 Å². The number of aliphatic carboxylic acids is 1. The van der Waals surface area contributed by atoms with E-state index < -0.39 is 5.97 Å². The van der Waals surface area contributed by atoms with Gasteiger partial charge in [-0.25, -0.2) is 0 Å². The van der Waals surface area contributed by atoms with Gasteiger partial charge in [-0.1, -0.05) is 0 Å². The second-order valence-electron chi connectivity index (χ2n) is 9.59. The van der Waals surface area contributed by atoms with Crippen molar-refractivity contribution in [2.75, 3.05) is 112 Å². The van der Waals surface area contributed by atoms with Crippen molar-refractivity contribution in [3.63, 3.8) is 0 Å². The van der Waals surface area contributed by atoms with E-state index >= 15 is 0 Å². The minimum atomic E-state index is -0.898. The first kappa shape index (κ1) is 40.0. The molecule has 246 valence electrons. The van der Waals surface area contributed by atoms with E-state index in [1.807, 2.05) is 0 Å². The Morgan fingerprint density at radius 1 is 0.561 bits per heavy atom. The zero-order valence-corrected chi connectivity index (χ0v) is 24.7. The second-order valence-corrected chi connectivity index (χ2v) is 9.59. The fraction of sp³-hybridized carbons (Fsp3) is 0.963. The first-order valence-electron chi connectivity index (χ1n) is 14.8. The Morgan fingerprint density at radius 3 is 1.27 bits per heavy atom. The fourth-order valence-electron chi connectivity index (χ4n) is 3.37. The Labute approximate surface area is 245 Å². The van der Waals surface area contributed by atoms with Gasteiger partial charge in [0.1, 0.15) is 0 Å². The summed E-state index contributed by atoms with van der Waals surface area (Å²) in [5.74, 6) is -0.898. The van der Waals surface area contributed by atoms with E-state index in [1.165, 1.54) is 0 Å². The largest absolute Gasteiger partial charge is 0.481 e. The molecule has 8 N–H and O–H groups in total. The van der Waals surface area contributed by atoms with Crippen LogP contribution in [0, 0.1) is 0 Å². The molecule has 0 aliphatic carbocycles. The van der Waals surface area contributed by atoms with Crippen LogP contribution in [-0.4, -0.2) is 157 Å². The Morgan fingerprint density at radius 2 is 0.902 bits per heavy atom. The average molecular weight is 600 g/mol. The van der Waals surface area contributed by atoms with Crippen molar-refractivity contribution in [1.29, 1.82) is 0 Å². The van der Waals surface area contributed by atoms with Crippen LogP contribution in [0.4, 0.5) is 0 Å². The molecule has 0 bridgehead atoms. The van der Waals surface area contributed by atoms with E-state index in [4.69, 9.17) is 54.6 Å². The number of hydrogen-bond acceptors (Lipinski definition) is 13. The summed E-state index contributed by atoms with van der Waals surface area (Å²) in [6, 6.07) is -0.282. The Kier molecular flexibility index (Phi) is 31.1. The van der Waals surface area contributed by atoms with Gasteiger partial charge in [0.05, 0.1) is 70.8 Å². The Balaban J connectivity index is 3.90. The van der Waals surface area contributed by atoms with Gasteiger partial charge in [-0.3, -0.25) is 4.79 Å². The summed E-state index contributed by atoms with van der Waals surface area (Å²) < 4.78 is 33.4. The smallest absolute Gasteiger partial charge is 0.305 e. The molecule has 0 aromatic heterocycles. The standard InChI is InChI=1S/C27H57N3O11/c28-24(18-36-12-1-7-29-25(20-38-14-3-9-31)21-39-15-4-10-32)19-37-13-2-8-30-26(22-40-16-5-11-33)23-41-17-6-27(34)35/h24-26,29-33H,1-23,28H2,(H,34,35). The lowest BCUT2D eigenvalue weighted by molar-refractivity contribution is -0.138. The number of carbonyl (C=O) groups is 1. The van der Waals surface area contributed by atoms with Crippen molar-refractivity contribution in [1.82, 2.24) is 10.6 Å². The van der Waals surface area contributed by atoms with E-state index in [9.17, 15) is 4.79 Å². The monoisotopic (exact) mass is 599 g/mol. The van der Waals surface area contributed by atoms with E-state index in [2.05, 4.69) is 10.6 Å². The van der Waals surface area contributed by atoms with Gasteiger partial charge in [0.15, 0.2) is 0 Å². The second kappa shape index (κ2) is 31.9. The van der Waals surface area contributed by atoms with Crippen molar-refractivity contribution in [3.05, 3.63) is 0 Å². The summed E-state index contributed by atoms with van der Waals surface area (Å²) in [4.78, 5) is 10.6. The average Bonchev–Trinajstić information content (AvgIpc) is 2.96. The van der Waals surface area contributed by atoms with Crippen LogP contribution >= 0.6 is 0 Å². The van der Waals surface area contributed by atoms with Gasteiger partial charge in [-0.15, -0.1) is 0 Å². The van der Waals surface area contributed by atoms with Crippen LogP contribution in [-0.2, 0) is 33.2 Å².